The molecule has 1 saturated heterocycles. The van der Waals surface area contributed by atoms with Gasteiger partial charge in [-0.25, -0.2) is 0 Å². The van der Waals surface area contributed by atoms with Crippen LogP contribution in [0.3, 0.4) is 0 Å². The smallest absolute Gasteiger partial charge is 0.237 e. The maximum atomic E-state index is 12.5. The fourth-order valence-electron chi connectivity index (χ4n) is 3.69. The van der Waals surface area contributed by atoms with Crippen LogP contribution in [-0.2, 0) is 4.79 Å². The van der Waals surface area contributed by atoms with Crippen LogP contribution in [0.4, 0.5) is 0 Å². The van der Waals surface area contributed by atoms with Crippen LogP contribution in [0, 0.1) is 5.92 Å². The highest BCUT2D eigenvalue weighted by molar-refractivity contribution is 5.81. The number of carbonyl (C=O) groups is 1. The first-order chi connectivity index (χ1) is 10.2. The molecule has 1 heterocycles. The van der Waals surface area contributed by atoms with Crippen molar-refractivity contribution >= 4 is 5.91 Å². The molecule has 1 aliphatic carbocycles. The van der Waals surface area contributed by atoms with E-state index in [1.807, 2.05) is 0 Å². The third-order valence-electron chi connectivity index (χ3n) is 5.24. The Morgan fingerprint density at radius 1 is 1.19 bits per heavy atom. The zero-order valence-electron chi connectivity index (χ0n) is 13.9. The molecule has 0 spiro atoms. The topological polar surface area (TPSA) is 44.4 Å². The maximum absolute atomic E-state index is 12.5. The van der Waals surface area contributed by atoms with Gasteiger partial charge in [-0.05, 0) is 58.2 Å². The first-order valence-electron chi connectivity index (χ1n) is 8.95. The molecule has 1 unspecified atom stereocenters. The minimum atomic E-state index is 0.00631. The van der Waals surface area contributed by atoms with E-state index in [1.54, 1.807) is 0 Å². The summed E-state index contributed by atoms with van der Waals surface area (Å²) in [7, 11) is 0. The van der Waals surface area contributed by atoms with E-state index in [4.69, 9.17) is 0 Å². The molecule has 2 fully saturated rings. The highest BCUT2D eigenvalue weighted by Crippen LogP contribution is 2.18. The zero-order valence-corrected chi connectivity index (χ0v) is 13.9. The predicted octanol–water partition coefficient (Wildman–Crippen LogP) is 2.15. The van der Waals surface area contributed by atoms with Crippen molar-refractivity contribution in [1.82, 2.24) is 15.5 Å². The van der Waals surface area contributed by atoms with E-state index in [-0.39, 0.29) is 11.9 Å². The van der Waals surface area contributed by atoms with Crippen molar-refractivity contribution < 1.29 is 4.79 Å². The summed E-state index contributed by atoms with van der Waals surface area (Å²) in [5.74, 6) is 0.980. The molecule has 2 rings (SSSR count). The van der Waals surface area contributed by atoms with Crippen LogP contribution < -0.4 is 10.6 Å². The molecule has 0 aromatic carbocycles. The lowest BCUT2D eigenvalue weighted by Crippen LogP contribution is -2.50. The summed E-state index contributed by atoms with van der Waals surface area (Å²) in [6.07, 6.45) is 8.69. The van der Waals surface area contributed by atoms with E-state index in [2.05, 4.69) is 29.4 Å². The molecule has 2 aliphatic rings. The highest BCUT2D eigenvalue weighted by atomic mass is 16.2. The molecule has 1 atom stereocenters. The Labute approximate surface area is 130 Å². The van der Waals surface area contributed by atoms with Gasteiger partial charge in [0.25, 0.3) is 0 Å². The van der Waals surface area contributed by atoms with Gasteiger partial charge in [0.2, 0.25) is 5.91 Å². The van der Waals surface area contributed by atoms with Gasteiger partial charge >= 0.3 is 0 Å². The van der Waals surface area contributed by atoms with Gasteiger partial charge in [0.05, 0.1) is 6.04 Å². The summed E-state index contributed by atoms with van der Waals surface area (Å²) in [6.45, 7) is 8.53. The normalized spacial score (nSPS) is 23.2. The number of likely N-dealkylation sites (N-methyl/N-ethyl adjacent to an activating group) is 1. The summed E-state index contributed by atoms with van der Waals surface area (Å²) in [5, 5.41) is 6.69. The third kappa shape index (κ3) is 5.26. The first-order valence-corrected chi connectivity index (χ1v) is 8.95. The molecule has 1 aliphatic heterocycles. The minimum absolute atomic E-state index is 0.00631. The van der Waals surface area contributed by atoms with E-state index in [1.165, 1.54) is 44.9 Å². The number of rotatable bonds is 6. The fraction of sp³-hybridized carbons (Fsp3) is 0.941. The van der Waals surface area contributed by atoms with Gasteiger partial charge in [-0.3, -0.25) is 9.69 Å². The fourth-order valence-corrected chi connectivity index (χ4v) is 3.69. The molecule has 0 aromatic rings. The number of hydrogen-bond donors (Lipinski definition) is 2. The van der Waals surface area contributed by atoms with Crippen molar-refractivity contribution in [3.05, 3.63) is 0 Å². The quantitative estimate of drug-likeness (QED) is 0.789. The van der Waals surface area contributed by atoms with Crippen molar-refractivity contribution in [2.75, 3.05) is 26.2 Å². The van der Waals surface area contributed by atoms with Gasteiger partial charge in [0, 0.05) is 12.6 Å². The summed E-state index contributed by atoms with van der Waals surface area (Å²) < 4.78 is 0. The Kier molecular flexibility index (Phi) is 6.97. The van der Waals surface area contributed by atoms with Crippen molar-refractivity contribution in [3.63, 3.8) is 0 Å². The SMILES string of the molecule is CCN(CC1CCNCC1)C(C)C(=O)NC1CCCCC1. The minimum Gasteiger partial charge on any atom is -0.352 e. The Bertz CT molecular complexity index is 309. The third-order valence-corrected chi connectivity index (χ3v) is 5.24. The van der Waals surface area contributed by atoms with Crippen LogP contribution in [0.5, 0.6) is 0 Å². The second-order valence-corrected chi connectivity index (χ2v) is 6.80. The first kappa shape index (κ1) is 16.8. The Morgan fingerprint density at radius 3 is 2.48 bits per heavy atom. The highest BCUT2D eigenvalue weighted by Gasteiger charge is 2.25. The van der Waals surface area contributed by atoms with Gasteiger partial charge in [-0.15, -0.1) is 0 Å². The molecular weight excluding hydrogens is 262 g/mol. The predicted molar refractivity (Wildman–Crippen MR) is 87.3 cm³/mol. The van der Waals surface area contributed by atoms with E-state index in [0.717, 1.165) is 32.1 Å². The lowest BCUT2D eigenvalue weighted by atomic mass is 9.95. The molecule has 4 heteroatoms. The van der Waals surface area contributed by atoms with Crippen LogP contribution >= 0.6 is 0 Å². The lowest BCUT2D eigenvalue weighted by molar-refractivity contribution is -0.127. The summed E-state index contributed by atoms with van der Waals surface area (Å²) in [6, 6.07) is 0.429. The van der Waals surface area contributed by atoms with Crippen LogP contribution in [0.2, 0.25) is 0 Å². The lowest BCUT2D eigenvalue weighted by Gasteiger charge is -2.34. The number of carbonyl (C=O) groups excluding carboxylic acids is 1. The summed E-state index contributed by atoms with van der Waals surface area (Å²) in [4.78, 5) is 14.8. The van der Waals surface area contributed by atoms with Gasteiger partial charge in [0.1, 0.15) is 0 Å². The number of nitrogens with zero attached hydrogens (tertiary/aromatic N) is 1. The summed E-state index contributed by atoms with van der Waals surface area (Å²) in [5.41, 5.74) is 0. The molecule has 0 radical (unpaired) electrons. The van der Waals surface area contributed by atoms with Gasteiger partial charge in [-0.1, -0.05) is 26.2 Å². The average Bonchev–Trinajstić information content (AvgIpc) is 2.54. The molecular formula is C17H33N3O. The van der Waals surface area contributed by atoms with Gasteiger partial charge in [0.15, 0.2) is 0 Å². The number of nitrogens with one attached hydrogen (secondary N) is 2. The van der Waals surface area contributed by atoms with Crippen LogP contribution in [-0.4, -0.2) is 49.1 Å². The Hall–Kier alpha value is -0.610. The summed E-state index contributed by atoms with van der Waals surface area (Å²) >= 11 is 0. The standard InChI is InChI=1S/C17H33N3O/c1-3-20(13-15-9-11-18-12-10-15)14(2)17(21)19-16-7-5-4-6-8-16/h14-16,18H,3-13H2,1-2H3,(H,19,21). The second-order valence-electron chi connectivity index (χ2n) is 6.80. The van der Waals surface area contributed by atoms with E-state index in [0.29, 0.717) is 6.04 Å². The van der Waals surface area contributed by atoms with Crippen molar-refractivity contribution in [2.24, 2.45) is 5.92 Å². The van der Waals surface area contributed by atoms with Crippen LogP contribution in [0.15, 0.2) is 0 Å². The molecule has 0 aromatic heterocycles. The average molecular weight is 295 g/mol. The van der Waals surface area contributed by atoms with E-state index < -0.39 is 0 Å². The van der Waals surface area contributed by atoms with Gasteiger partial charge in [-0.2, -0.15) is 0 Å². The van der Waals surface area contributed by atoms with Gasteiger partial charge < -0.3 is 10.6 Å². The zero-order chi connectivity index (χ0) is 15.1. The molecule has 4 nitrogen and oxygen atoms in total. The molecule has 122 valence electrons. The second kappa shape index (κ2) is 8.74. The Morgan fingerprint density at radius 2 is 1.86 bits per heavy atom. The van der Waals surface area contributed by atoms with Crippen LogP contribution in [0.1, 0.15) is 58.8 Å². The molecule has 0 bridgehead atoms. The molecule has 21 heavy (non-hydrogen) atoms. The van der Waals surface area contributed by atoms with Crippen molar-refractivity contribution in [2.45, 2.75) is 70.9 Å². The molecule has 2 N–H and O–H groups in total. The number of amides is 1. The van der Waals surface area contributed by atoms with Crippen molar-refractivity contribution in [3.8, 4) is 0 Å². The maximum Gasteiger partial charge on any atom is 0.237 e. The number of hydrogen-bond acceptors (Lipinski definition) is 3. The monoisotopic (exact) mass is 295 g/mol. The van der Waals surface area contributed by atoms with Crippen LogP contribution in [0.25, 0.3) is 0 Å². The van der Waals surface area contributed by atoms with E-state index >= 15 is 0 Å². The number of piperidine rings is 1. The molecule has 1 amide bonds. The van der Waals surface area contributed by atoms with E-state index in [9.17, 15) is 4.79 Å². The largest absolute Gasteiger partial charge is 0.352 e. The van der Waals surface area contributed by atoms with Crippen molar-refractivity contribution in [1.29, 1.82) is 0 Å². The Balaban J connectivity index is 1.79. The molecule has 1 saturated carbocycles.